The quantitative estimate of drug-likeness (QED) is 0.253. The molecule has 0 saturated carbocycles. The second-order valence-corrected chi connectivity index (χ2v) is 8.87. The lowest BCUT2D eigenvalue weighted by Crippen LogP contribution is -2.54. The van der Waals surface area contributed by atoms with Gasteiger partial charge in [0.15, 0.2) is 11.5 Å². The van der Waals surface area contributed by atoms with Crippen molar-refractivity contribution < 1.29 is 33.3 Å². The number of hydrogen-bond acceptors (Lipinski definition) is 7. The van der Waals surface area contributed by atoms with Gasteiger partial charge in [-0.25, -0.2) is 9.69 Å². The van der Waals surface area contributed by atoms with Gasteiger partial charge in [-0.2, -0.15) is 0 Å². The number of amides is 4. The third-order valence-electron chi connectivity index (χ3n) is 5.98. The fourth-order valence-electron chi connectivity index (χ4n) is 4.10. The summed E-state index contributed by atoms with van der Waals surface area (Å²) in [7, 11) is 0. The van der Waals surface area contributed by atoms with Crippen molar-refractivity contribution in [3.8, 4) is 23.0 Å². The van der Waals surface area contributed by atoms with E-state index in [-0.39, 0.29) is 11.3 Å². The van der Waals surface area contributed by atoms with Crippen LogP contribution in [0, 0.1) is 6.92 Å². The number of aryl methyl sites for hydroxylation is 1. The van der Waals surface area contributed by atoms with Crippen LogP contribution < -0.4 is 29.2 Å². The molecule has 1 fully saturated rings. The Morgan fingerprint density at radius 2 is 1.43 bits per heavy atom. The van der Waals surface area contributed by atoms with E-state index in [9.17, 15) is 14.4 Å². The molecule has 9 nitrogen and oxygen atoms in total. The van der Waals surface area contributed by atoms with Gasteiger partial charge in [-0.15, -0.1) is 0 Å². The molecule has 4 amide bonds. The van der Waals surface area contributed by atoms with E-state index in [4.69, 9.17) is 18.9 Å². The highest BCUT2D eigenvalue weighted by Crippen LogP contribution is 2.35. The van der Waals surface area contributed by atoms with Crippen LogP contribution in [0.5, 0.6) is 23.0 Å². The maximum absolute atomic E-state index is 13.6. The normalized spacial score (nSPS) is 14.2. The lowest BCUT2D eigenvalue weighted by atomic mass is 10.1. The number of anilines is 1. The first-order chi connectivity index (χ1) is 19.3. The van der Waals surface area contributed by atoms with Gasteiger partial charge < -0.3 is 18.9 Å². The van der Waals surface area contributed by atoms with Gasteiger partial charge in [0.2, 0.25) is 0 Å². The van der Waals surface area contributed by atoms with Gasteiger partial charge in [0.1, 0.15) is 23.7 Å². The van der Waals surface area contributed by atoms with Gasteiger partial charge in [0.05, 0.1) is 25.5 Å². The van der Waals surface area contributed by atoms with Crippen LogP contribution in [0.4, 0.5) is 10.5 Å². The van der Waals surface area contributed by atoms with Gasteiger partial charge in [-0.05, 0) is 69.2 Å². The Morgan fingerprint density at radius 1 is 0.750 bits per heavy atom. The topological polar surface area (TPSA) is 103 Å². The number of imide groups is 2. The largest absolute Gasteiger partial charge is 0.494 e. The van der Waals surface area contributed by atoms with Crippen molar-refractivity contribution in [2.45, 2.75) is 34.3 Å². The van der Waals surface area contributed by atoms with Crippen molar-refractivity contribution in [2.24, 2.45) is 0 Å². The average molecular weight is 545 g/mol. The Labute approximate surface area is 233 Å². The molecular weight excluding hydrogens is 512 g/mol. The zero-order valence-corrected chi connectivity index (χ0v) is 23.0. The number of urea groups is 1. The van der Waals surface area contributed by atoms with Crippen molar-refractivity contribution in [3.05, 3.63) is 82.9 Å². The van der Waals surface area contributed by atoms with E-state index in [1.165, 1.54) is 12.1 Å². The molecule has 208 valence electrons. The van der Waals surface area contributed by atoms with Crippen molar-refractivity contribution in [1.82, 2.24) is 5.32 Å². The Kier molecular flexibility index (Phi) is 9.06. The van der Waals surface area contributed by atoms with Crippen LogP contribution in [-0.2, 0) is 16.2 Å². The summed E-state index contributed by atoms with van der Waals surface area (Å²) in [6.45, 7) is 8.92. The molecule has 4 rings (SSSR count). The lowest BCUT2D eigenvalue weighted by Gasteiger charge is -2.28. The van der Waals surface area contributed by atoms with Crippen LogP contribution in [0.3, 0.4) is 0 Å². The molecule has 0 aromatic heterocycles. The molecule has 1 saturated heterocycles. The highest BCUT2D eigenvalue weighted by Gasteiger charge is 2.38. The minimum absolute atomic E-state index is 0.170. The molecule has 1 aliphatic heterocycles. The standard InChI is InChI=1S/C31H32N2O7/c1-5-37-23-13-15-26(38-6-2)25(18-23)33-30(35)24(29(34)32-31(33)36)16-22-12-14-27(28(17-22)39-7-3)40-19-21-10-8-20(4)9-11-21/h8-18H,5-7,19H2,1-4H3,(H,32,34,36)/b24-16+. The number of ether oxygens (including phenoxy) is 4. The summed E-state index contributed by atoms with van der Waals surface area (Å²) >= 11 is 0. The van der Waals surface area contributed by atoms with Crippen molar-refractivity contribution in [1.29, 1.82) is 0 Å². The molecular formula is C31H32N2O7. The average Bonchev–Trinajstić information content (AvgIpc) is 2.93. The zero-order valence-electron chi connectivity index (χ0n) is 23.0. The van der Waals surface area contributed by atoms with E-state index in [1.54, 1.807) is 37.3 Å². The van der Waals surface area contributed by atoms with Crippen LogP contribution in [-0.4, -0.2) is 37.7 Å². The monoisotopic (exact) mass is 544 g/mol. The fourth-order valence-corrected chi connectivity index (χ4v) is 4.10. The molecule has 0 atom stereocenters. The third kappa shape index (κ3) is 6.43. The van der Waals surface area contributed by atoms with E-state index in [0.29, 0.717) is 55.0 Å². The summed E-state index contributed by atoms with van der Waals surface area (Å²) in [4.78, 5) is 40.1. The minimum atomic E-state index is -0.878. The maximum Gasteiger partial charge on any atom is 0.336 e. The lowest BCUT2D eigenvalue weighted by molar-refractivity contribution is -0.122. The number of hydrogen-bond donors (Lipinski definition) is 1. The number of benzene rings is 3. The Balaban J connectivity index is 1.65. The van der Waals surface area contributed by atoms with E-state index < -0.39 is 17.8 Å². The SMILES string of the molecule is CCOc1ccc(OCC)c(N2C(=O)NC(=O)/C(=C\c3ccc(OCc4ccc(C)cc4)c(OCC)c3)C2=O)c1. The first kappa shape index (κ1) is 28.2. The number of nitrogens with zero attached hydrogens (tertiary/aromatic N) is 1. The van der Waals surface area contributed by atoms with Crippen LogP contribution in [0.1, 0.15) is 37.5 Å². The van der Waals surface area contributed by atoms with Crippen molar-refractivity contribution in [2.75, 3.05) is 24.7 Å². The van der Waals surface area contributed by atoms with Gasteiger partial charge in [0.25, 0.3) is 11.8 Å². The van der Waals surface area contributed by atoms with Crippen molar-refractivity contribution in [3.63, 3.8) is 0 Å². The van der Waals surface area contributed by atoms with E-state index in [2.05, 4.69) is 5.32 Å². The van der Waals surface area contributed by atoms with Crippen LogP contribution in [0.25, 0.3) is 6.08 Å². The summed E-state index contributed by atoms with van der Waals surface area (Å²) < 4.78 is 23.0. The second kappa shape index (κ2) is 12.8. The van der Waals surface area contributed by atoms with Gasteiger partial charge in [-0.3, -0.25) is 14.9 Å². The molecule has 0 radical (unpaired) electrons. The van der Waals surface area contributed by atoms with Crippen LogP contribution >= 0.6 is 0 Å². The van der Waals surface area contributed by atoms with E-state index in [1.807, 2.05) is 45.0 Å². The predicted molar refractivity (Wildman–Crippen MR) is 151 cm³/mol. The molecule has 3 aromatic carbocycles. The Morgan fingerprint density at radius 3 is 2.12 bits per heavy atom. The first-order valence-electron chi connectivity index (χ1n) is 13.1. The van der Waals surface area contributed by atoms with Gasteiger partial charge >= 0.3 is 6.03 Å². The molecule has 0 bridgehead atoms. The van der Waals surface area contributed by atoms with E-state index >= 15 is 0 Å². The number of carbonyl (C=O) groups excluding carboxylic acids is 3. The number of carbonyl (C=O) groups is 3. The molecule has 3 aromatic rings. The Hall–Kier alpha value is -4.79. The van der Waals surface area contributed by atoms with E-state index in [0.717, 1.165) is 16.0 Å². The highest BCUT2D eigenvalue weighted by molar-refractivity contribution is 6.39. The zero-order chi connectivity index (χ0) is 28.6. The fraction of sp³-hybridized carbons (Fsp3) is 0.258. The van der Waals surface area contributed by atoms with Crippen LogP contribution in [0.15, 0.2) is 66.2 Å². The van der Waals surface area contributed by atoms with Crippen LogP contribution in [0.2, 0.25) is 0 Å². The minimum Gasteiger partial charge on any atom is -0.494 e. The molecule has 1 N–H and O–H groups in total. The number of nitrogens with one attached hydrogen (secondary N) is 1. The summed E-state index contributed by atoms with van der Waals surface area (Å²) in [6.07, 6.45) is 1.41. The molecule has 40 heavy (non-hydrogen) atoms. The number of rotatable bonds is 11. The second-order valence-electron chi connectivity index (χ2n) is 8.87. The maximum atomic E-state index is 13.6. The predicted octanol–water partition coefficient (Wildman–Crippen LogP) is 5.44. The molecule has 0 aliphatic carbocycles. The molecule has 0 unspecified atom stereocenters. The Bertz CT molecular complexity index is 1430. The highest BCUT2D eigenvalue weighted by atomic mass is 16.5. The molecule has 0 spiro atoms. The summed E-state index contributed by atoms with van der Waals surface area (Å²) in [5.41, 5.74) is 2.64. The van der Waals surface area contributed by atoms with Gasteiger partial charge in [-0.1, -0.05) is 35.9 Å². The third-order valence-corrected chi connectivity index (χ3v) is 5.98. The smallest absolute Gasteiger partial charge is 0.336 e. The summed E-state index contributed by atoms with van der Waals surface area (Å²) in [5.74, 6) is 0.144. The number of barbiturate groups is 1. The molecule has 1 heterocycles. The molecule has 1 aliphatic rings. The van der Waals surface area contributed by atoms with Gasteiger partial charge in [0, 0.05) is 6.07 Å². The summed E-state index contributed by atoms with van der Waals surface area (Å²) in [6, 6.07) is 17.1. The first-order valence-corrected chi connectivity index (χ1v) is 13.1. The summed E-state index contributed by atoms with van der Waals surface area (Å²) in [5, 5.41) is 2.25. The van der Waals surface area contributed by atoms with Crippen molar-refractivity contribution >= 4 is 29.6 Å². The molecule has 9 heteroatoms.